The lowest BCUT2D eigenvalue weighted by Gasteiger charge is -2.39. The van der Waals surface area contributed by atoms with Crippen molar-refractivity contribution in [3.63, 3.8) is 0 Å². The molecule has 17 heavy (non-hydrogen) atoms. The molecule has 0 bridgehead atoms. The Morgan fingerprint density at radius 1 is 1.29 bits per heavy atom. The van der Waals surface area contributed by atoms with Gasteiger partial charge in [0, 0.05) is 24.7 Å². The maximum Gasteiger partial charge on any atom is 0.156 e. The molecule has 1 saturated carbocycles. The third-order valence-corrected chi connectivity index (χ3v) is 4.27. The van der Waals surface area contributed by atoms with Crippen LogP contribution in [0, 0.1) is 5.92 Å². The van der Waals surface area contributed by atoms with Crippen LogP contribution in [-0.4, -0.2) is 22.8 Å². The first-order valence-corrected chi connectivity index (χ1v) is 6.67. The summed E-state index contributed by atoms with van der Waals surface area (Å²) < 4.78 is 0. The van der Waals surface area contributed by atoms with Gasteiger partial charge < -0.3 is 10.6 Å². The third-order valence-electron chi connectivity index (χ3n) is 4.27. The normalized spacial score (nSPS) is 28.2. The highest BCUT2D eigenvalue weighted by atomic mass is 15.3. The van der Waals surface area contributed by atoms with Crippen LogP contribution in [-0.2, 0) is 6.54 Å². The van der Waals surface area contributed by atoms with E-state index in [9.17, 15) is 0 Å². The van der Waals surface area contributed by atoms with E-state index in [1.165, 1.54) is 32.1 Å². The molecule has 2 unspecified atom stereocenters. The topological polar surface area (TPSA) is 55.0 Å². The second kappa shape index (κ2) is 4.61. The summed E-state index contributed by atoms with van der Waals surface area (Å²) in [7, 11) is 0. The Labute approximate surface area is 102 Å². The largest absolute Gasteiger partial charge is 0.352 e. The fourth-order valence-electron chi connectivity index (χ4n) is 3.47. The molecule has 0 aromatic carbocycles. The molecule has 92 valence electrons. The van der Waals surface area contributed by atoms with Crippen molar-refractivity contribution in [2.45, 2.75) is 44.7 Å². The van der Waals surface area contributed by atoms with Gasteiger partial charge in [-0.2, -0.15) is 5.10 Å². The van der Waals surface area contributed by atoms with E-state index in [0.29, 0.717) is 12.6 Å². The van der Waals surface area contributed by atoms with Gasteiger partial charge in [0.05, 0.1) is 6.20 Å². The molecule has 0 amide bonds. The molecule has 1 aliphatic heterocycles. The Balaban J connectivity index is 1.91. The Morgan fingerprint density at radius 2 is 2.18 bits per heavy atom. The van der Waals surface area contributed by atoms with Crippen LogP contribution in [0.5, 0.6) is 0 Å². The molecule has 2 aliphatic rings. The predicted octanol–water partition coefficient (Wildman–Crippen LogP) is 1.70. The van der Waals surface area contributed by atoms with Crippen LogP contribution in [0.3, 0.4) is 0 Å². The van der Waals surface area contributed by atoms with E-state index in [0.717, 1.165) is 23.8 Å². The summed E-state index contributed by atoms with van der Waals surface area (Å²) in [6.45, 7) is 1.67. The zero-order valence-electron chi connectivity index (χ0n) is 10.2. The van der Waals surface area contributed by atoms with Crippen LogP contribution >= 0.6 is 0 Å². The molecule has 2 heterocycles. The number of nitrogens with zero attached hydrogens (tertiary/aromatic N) is 3. The molecule has 4 nitrogen and oxygen atoms in total. The lowest BCUT2D eigenvalue weighted by molar-refractivity contribution is 0.359. The number of hydrogen-bond donors (Lipinski definition) is 1. The number of piperidine rings is 1. The van der Waals surface area contributed by atoms with Crippen molar-refractivity contribution in [2.24, 2.45) is 11.7 Å². The molecule has 3 rings (SSSR count). The second-order valence-electron chi connectivity index (χ2n) is 5.18. The SMILES string of the molecule is NCc1ccnnc1N1CCCC2CCCC21. The monoisotopic (exact) mass is 232 g/mol. The minimum absolute atomic E-state index is 0.554. The summed E-state index contributed by atoms with van der Waals surface area (Å²) in [5.41, 5.74) is 6.93. The summed E-state index contributed by atoms with van der Waals surface area (Å²) in [6, 6.07) is 2.69. The van der Waals surface area contributed by atoms with Gasteiger partial charge in [-0.3, -0.25) is 0 Å². The van der Waals surface area contributed by atoms with Gasteiger partial charge in [-0.1, -0.05) is 6.42 Å². The van der Waals surface area contributed by atoms with E-state index in [2.05, 4.69) is 15.1 Å². The number of aromatic nitrogens is 2. The molecule has 0 radical (unpaired) electrons. The van der Waals surface area contributed by atoms with Crippen molar-refractivity contribution in [3.8, 4) is 0 Å². The van der Waals surface area contributed by atoms with E-state index in [-0.39, 0.29) is 0 Å². The fourth-order valence-corrected chi connectivity index (χ4v) is 3.47. The Morgan fingerprint density at radius 3 is 3.06 bits per heavy atom. The number of hydrogen-bond acceptors (Lipinski definition) is 4. The first-order valence-electron chi connectivity index (χ1n) is 6.67. The summed E-state index contributed by atoms with van der Waals surface area (Å²) in [6.07, 6.45) is 8.47. The van der Waals surface area contributed by atoms with Crippen LogP contribution in [0.25, 0.3) is 0 Å². The average Bonchev–Trinajstić information content (AvgIpc) is 2.86. The number of anilines is 1. The van der Waals surface area contributed by atoms with Gasteiger partial charge in [-0.25, -0.2) is 0 Å². The fraction of sp³-hybridized carbons (Fsp3) is 0.692. The highest BCUT2D eigenvalue weighted by Crippen LogP contribution is 2.39. The molecule has 2 atom stereocenters. The van der Waals surface area contributed by atoms with Crippen molar-refractivity contribution in [3.05, 3.63) is 17.8 Å². The van der Waals surface area contributed by atoms with Crippen LogP contribution in [0.15, 0.2) is 12.3 Å². The van der Waals surface area contributed by atoms with E-state index >= 15 is 0 Å². The smallest absolute Gasteiger partial charge is 0.156 e. The van der Waals surface area contributed by atoms with Crippen molar-refractivity contribution in [1.82, 2.24) is 10.2 Å². The molecule has 2 fully saturated rings. The molecule has 1 aromatic rings. The van der Waals surface area contributed by atoms with Gasteiger partial charge >= 0.3 is 0 Å². The number of fused-ring (bicyclic) bond motifs is 1. The third kappa shape index (κ3) is 1.90. The van der Waals surface area contributed by atoms with Crippen LogP contribution in [0.2, 0.25) is 0 Å². The van der Waals surface area contributed by atoms with E-state index in [1.807, 2.05) is 6.07 Å². The molecular formula is C13H20N4. The zero-order valence-corrected chi connectivity index (χ0v) is 10.2. The average molecular weight is 232 g/mol. The van der Waals surface area contributed by atoms with E-state index in [4.69, 9.17) is 5.73 Å². The first-order chi connectivity index (χ1) is 8.40. The molecule has 2 N–H and O–H groups in total. The van der Waals surface area contributed by atoms with Crippen LogP contribution in [0.1, 0.15) is 37.7 Å². The molecular weight excluding hydrogens is 212 g/mol. The van der Waals surface area contributed by atoms with E-state index in [1.54, 1.807) is 6.20 Å². The van der Waals surface area contributed by atoms with E-state index < -0.39 is 0 Å². The summed E-state index contributed by atoms with van der Waals surface area (Å²) in [4.78, 5) is 2.47. The number of rotatable bonds is 2. The molecule has 1 aliphatic carbocycles. The van der Waals surface area contributed by atoms with Gasteiger partial charge in [-0.05, 0) is 37.7 Å². The quantitative estimate of drug-likeness (QED) is 0.843. The van der Waals surface area contributed by atoms with Gasteiger partial charge in [0.15, 0.2) is 5.82 Å². The molecule has 4 heteroatoms. The molecule has 0 spiro atoms. The Kier molecular flexibility index (Phi) is 2.97. The minimum Gasteiger partial charge on any atom is -0.352 e. The highest BCUT2D eigenvalue weighted by molar-refractivity contribution is 5.47. The minimum atomic E-state index is 0.554. The summed E-state index contributed by atoms with van der Waals surface area (Å²) in [5.74, 6) is 1.91. The predicted molar refractivity (Wildman–Crippen MR) is 67.6 cm³/mol. The first kappa shape index (κ1) is 11.0. The van der Waals surface area contributed by atoms with Crippen molar-refractivity contribution in [2.75, 3.05) is 11.4 Å². The van der Waals surface area contributed by atoms with Crippen molar-refractivity contribution >= 4 is 5.82 Å². The van der Waals surface area contributed by atoms with Crippen LogP contribution < -0.4 is 10.6 Å². The van der Waals surface area contributed by atoms with Gasteiger partial charge in [0.25, 0.3) is 0 Å². The van der Waals surface area contributed by atoms with Crippen LogP contribution in [0.4, 0.5) is 5.82 Å². The Bertz CT molecular complexity index is 393. The Hall–Kier alpha value is -1.16. The number of nitrogens with two attached hydrogens (primary N) is 1. The zero-order chi connectivity index (χ0) is 11.7. The second-order valence-corrected chi connectivity index (χ2v) is 5.18. The standard InChI is InChI=1S/C13H20N4/c14-9-11-6-7-15-16-13(11)17-8-2-4-10-3-1-5-12(10)17/h6-7,10,12H,1-5,8-9,14H2. The van der Waals surface area contributed by atoms with Gasteiger partial charge in [-0.15, -0.1) is 5.10 Å². The van der Waals surface area contributed by atoms with Crippen molar-refractivity contribution < 1.29 is 0 Å². The summed E-state index contributed by atoms with van der Waals surface area (Å²) >= 11 is 0. The summed E-state index contributed by atoms with van der Waals surface area (Å²) in [5, 5.41) is 8.36. The lowest BCUT2D eigenvalue weighted by Crippen LogP contribution is -2.43. The maximum absolute atomic E-state index is 5.80. The van der Waals surface area contributed by atoms with Crippen molar-refractivity contribution in [1.29, 1.82) is 0 Å². The highest BCUT2D eigenvalue weighted by Gasteiger charge is 2.36. The molecule has 1 aromatic heterocycles. The molecule has 1 saturated heterocycles. The van der Waals surface area contributed by atoms with Gasteiger partial charge in [0.2, 0.25) is 0 Å². The van der Waals surface area contributed by atoms with Gasteiger partial charge in [0.1, 0.15) is 0 Å². The lowest BCUT2D eigenvalue weighted by atomic mass is 9.91. The maximum atomic E-state index is 5.80.